The number of hydrogen-bond donors (Lipinski definition) is 1. The van der Waals surface area contributed by atoms with Gasteiger partial charge in [-0.1, -0.05) is 43.6 Å². The SMILES string of the molecule is CCN(CC)[C@H](CNS(=O)(=O)c1ccc2c(c1)C[C@H](C)N2C(C)=O)c1ccccc1Cl. The fourth-order valence-corrected chi connectivity index (χ4v) is 5.72. The Morgan fingerprint density at radius 2 is 1.90 bits per heavy atom. The Labute approximate surface area is 190 Å². The summed E-state index contributed by atoms with van der Waals surface area (Å²) in [4.78, 5) is 16.0. The van der Waals surface area contributed by atoms with Gasteiger partial charge >= 0.3 is 0 Å². The lowest BCUT2D eigenvalue weighted by molar-refractivity contribution is -0.116. The Kier molecular flexibility index (Phi) is 7.42. The molecule has 0 spiro atoms. The molecule has 0 fully saturated rings. The number of carbonyl (C=O) groups excluding carboxylic acids is 1. The fraction of sp³-hybridized carbons (Fsp3) is 0.435. The third-order valence-corrected chi connectivity index (χ3v) is 7.67. The van der Waals surface area contributed by atoms with Gasteiger partial charge in [0, 0.05) is 36.3 Å². The molecule has 0 aliphatic carbocycles. The second-order valence-electron chi connectivity index (χ2n) is 7.84. The van der Waals surface area contributed by atoms with Crippen LogP contribution in [0.15, 0.2) is 47.4 Å². The largest absolute Gasteiger partial charge is 0.309 e. The molecular weight excluding hydrogens is 434 g/mol. The van der Waals surface area contributed by atoms with E-state index in [0.717, 1.165) is 29.9 Å². The monoisotopic (exact) mass is 463 g/mol. The quantitative estimate of drug-likeness (QED) is 0.642. The van der Waals surface area contributed by atoms with Gasteiger partial charge < -0.3 is 4.90 Å². The molecule has 0 bridgehead atoms. The van der Waals surface area contributed by atoms with Gasteiger partial charge in [0.1, 0.15) is 0 Å². The molecule has 1 N–H and O–H groups in total. The van der Waals surface area contributed by atoms with E-state index in [9.17, 15) is 13.2 Å². The van der Waals surface area contributed by atoms with E-state index >= 15 is 0 Å². The van der Waals surface area contributed by atoms with Crippen molar-refractivity contribution in [2.45, 2.75) is 51.1 Å². The second kappa shape index (κ2) is 9.69. The summed E-state index contributed by atoms with van der Waals surface area (Å²) in [5.74, 6) is -0.0400. The highest BCUT2D eigenvalue weighted by Gasteiger charge is 2.30. The minimum absolute atomic E-state index is 0.0192. The summed E-state index contributed by atoms with van der Waals surface area (Å²) in [6, 6.07) is 12.4. The van der Waals surface area contributed by atoms with E-state index in [1.807, 2.05) is 45.0 Å². The molecular formula is C23H30ClN3O3S. The zero-order chi connectivity index (χ0) is 22.8. The lowest BCUT2D eigenvalue weighted by Gasteiger charge is -2.30. The van der Waals surface area contributed by atoms with E-state index < -0.39 is 10.0 Å². The van der Waals surface area contributed by atoms with Gasteiger partial charge in [-0.15, -0.1) is 0 Å². The van der Waals surface area contributed by atoms with Crippen molar-refractivity contribution in [1.29, 1.82) is 0 Å². The first kappa shape index (κ1) is 23.7. The smallest absolute Gasteiger partial charge is 0.240 e. The van der Waals surface area contributed by atoms with Crippen LogP contribution in [0.2, 0.25) is 5.02 Å². The number of anilines is 1. The molecule has 3 rings (SSSR count). The van der Waals surface area contributed by atoms with Crippen molar-refractivity contribution in [1.82, 2.24) is 9.62 Å². The molecule has 2 aromatic carbocycles. The number of nitrogens with zero attached hydrogens (tertiary/aromatic N) is 2. The Hall–Kier alpha value is -1.93. The van der Waals surface area contributed by atoms with Crippen molar-refractivity contribution in [2.24, 2.45) is 0 Å². The number of carbonyl (C=O) groups is 1. The van der Waals surface area contributed by atoms with Crippen LogP contribution in [0.1, 0.15) is 44.9 Å². The van der Waals surface area contributed by atoms with Gasteiger partial charge in [0.2, 0.25) is 15.9 Å². The number of likely N-dealkylation sites (N-methyl/N-ethyl adjacent to an activating group) is 1. The first-order chi connectivity index (χ1) is 14.7. The van der Waals surface area contributed by atoms with Gasteiger partial charge in [-0.25, -0.2) is 13.1 Å². The zero-order valence-electron chi connectivity index (χ0n) is 18.4. The van der Waals surface area contributed by atoms with Crippen LogP contribution in [0, 0.1) is 0 Å². The number of benzene rings is 2. The molecule has 1 amide bonds. The van der Waals surface area contributed by atoms with Crippen molar-refractivity contribution in [2.75, 3.05) is 24.5 Å². The molecule has 2 atom stereocenters. The van der Waals surface area contributed by atoms with Crippen LogP contribution in [0.3, 0.4) is 0 Å². The lowest BCUT2D eigenvalue weighted by atomic mass is 10.1. The van der Waals surface area contributed by atoms with Crippen molar-refractivity contribution in [3.8, 4) is 0 Å². The summed E-state index contributed by atoms with van der Waals surface area (Å²) >= 11 is 6.42. The minimum Gasteiger partial charge on any atom is -0.309 e. The van der Waals surface area contributed by atoms with Crippen molar-refractivity contribution >= 4 is 33.2 Å². The first-order valence-corrected chi connectivity index (χ1v) is 12.5. The predicted octanol–water partition coefficient (Wildman–Crippen LogP) is 4.00. The van der Waals surface area contributed by atoms with Crippen molar-refractivity contribution < 1.29 is 13.2 Å². The molecule has 2 aromatic rings. The predicted molar refractivity (Wildman–Crippen MR) is 125 cm³/mol. The van der Waals surface area contributed by atoms with E-state index in [2.05, 4.69) is 9.62 Å². The summed E-state index contributed by atoms with van der Waals surface area (Å²) < 4.78 is 29.0. The maximum atomic E-state index is 13.1. The molecule has 0 aromatic heterocycles. The van der Waals surface area contributed by atoms with Crippen LogP contribution in [-0.2, 0) is 21.2 Å². The van der Waals surface area contributed by atoms with E-state index in [-0.39, 0.29) is 29.4 Å². The molecule has 0 saturated heterocycles. The molecule has 31 heavy (non-hydrogen) atoms. The average molecular weight is 464 g/mol. The van der Waals surface area contributed by atoms with Gasteiger partial charge in [0.25, 0.3) is 0 Å². The Morgan fingerprint density at radius 1 is 1.23 bits per heavy atom. The lowest BCUT2D eigenvalue weighted by Crippen LogP contribution is -2.38. The maximum Gasteiger partial charge on any atom is 0.240 e. The summed E-state index contributed by atoms with van der Waals surface area (Å²) in [7, 11) is -3.73. The second-order valence-corrected chi connectivity index (χ2v) is 10.0. The van der Waals surface area contributed by atoms with E-state index in [1.165, 1.54) is 6.92 Å². The number of sulfonamides is 1. The Bertz CT molecular complexity index is 1050. The number of rotatable bonds is 8. The van der Waals surface area contributed by atoms with Gasteiger partial charge in [0.15, 0.2) is 0 Å². The molecule has 1 aliphatic rings. The molecule has 0 radical (unpaired) electrons. The first-order valence-electron chi connectivity index (χ1n) is 10.6. The standard InChI is InChI=1S/C23H30ClN3O3S/c1-5-26(6-2)23(20-9-7-8-10-21(20)24)15-25-31(29,30)19-11-12-22-18(14-19)13-16(3)27(22)17(4)28/h7-12,14,16,23,25H,5-6,13,15H2,1-4H3/t16-,23+/m0/s1. The topological polar surface area (TPSA) is 69.7 Å². The van der Waals surface area contributed by atoms with E-state index in [4.69, 9.17) is 11.6 Å². The van der Waals surface area contributed by atoms with E-state index in [1.54, 1.807) is 23.1 Å². The normalized spacial score (nSPS) is 17.1. The summed E-state index contributed by atoms with van der Waals surface area (Å²) in [5, 5.41) is 0.620. The molecule has 6 nitrogen and oxygen atoms in total. The number of fused-ring (bicyclic) bond motifs is 1. The van der Waals surface area contributed by atoms with Crippen LogP contribution >= 0.6 is 11.6 Å². The summed E-state index contributed by atoms with van der Waals surface area (Å²) in [6.07, 6.45) is 0.639. The van der Waals surface area contributed by atoms with Gasteiger partial charge in [-0.2, -0.15) is 0 Å². The third-order valence-electron chi connectivity index (χ3n) is 5.90. The maximum absolute atomic E-state index is 13.1. The zero-order valence-corrected chi connectivity index (χ0v) is 20.0. The third kappa shape index (κ3) is 4.95. The highest BCUT2D eigenvalue weighted by Crippen LogP contribution is 2.34. The number of nitrogens with one attached hydrogen (secondary N) is 1. The molecule has 0 unspecified atom stereocenters. The van der Waals surface area contributed by atoms with Crippen LogP contribution in [0.25, 0.3) is 0 Å². The Balaban J connectivity index is 1.85. The molecule has 0 saturated carbocycles. The van der Waals surface area contributed by atoms with Gasteiger partial charge in [-0.05, 0) is 61.8 Å². The van der Waals surface area contributed by atoms with Crippen LogP contribution < -0.4 is 9.62 Å². The highest BCUT2D eigenvalue weighted by atomic mass is 35.5. The molecule has 168 valence electrons. The van der Waals surface area contributed by atoms with Crippen LogP contribution in [0.5, 0.6) is 0 Å². The van der Waals surface area contributed by atoms with Crippen LogP contribution in [0.4, 0.5) is 5.69 Å². The average Bonchev–Trinajstić information content (AvgIpc) is 3.07. The van der Waals surface area contributed by atoms with Crippen molar-refractivity contribution in [3.63, 3.8) is 0 Å². The molecule has 1 aliphatic heterocycles. The highest BCUT2D eigenvalue weighted by molar-refractivity contribution is 7.89. The van der Waals surface area contributed by atoms with Crippen molar-refractivity contribution in [3.05, 3.63) is 58.6 Å². The Morgan fingerprint density at radius 3 is 2.52 bits per heavy atom. The fourth-order valence-electron chi connectivity index (χ4n) is 4.37. The number of amides is 1. The summed E-state index contributed by atoms with van der Waals surface area (Å²) in [5.41, 5.74) is 2.56. The molecule has 1 heterocycles. The number of hydrogen-bond acceptors (Lipinski definition) is 4. The number of halogens is 1. The summed E-state index contributed by atoms with van der Waals surface area (Å²) in [6.45, 7) is 9.33. The van der Waals surface area contributed by atoms with Crippen LogP contribution in [-0.4, -0.2) is 44.9 Å². The minimum atomic E-state index is -3.73. The van der Waals surface area contributed by atoms with Gasteiger partial charge in [-0.3, -0.25) is 9.69 Å². The van der Waals surface area contributed by atoms with E-state index in [0.29, 0.717) is 11.4 Å². The van der Waals surface area contributed by atoms with Gasteiger partial charge in [0.05, 0.1) is 4.90 Å². The molecule has 8 heteroatoms.